The summed E-state index contributed by atoms with van der Waals surface area (Å²) in [7, 11) is 1.94. The van der Waals surface area contributed by atoms with Gasteiger partial charge in [0.2, 0.25) is 0 Å². The van der Waals surface area contributed by atoms with Crippen molar-refractivity contribution in [3.05, 3.63) is 84.8 Å². The van der Waals surface area contributed by atoms with Gasteiger partial charge in [-0.25, -0.2) is 5.43 Å². The number of nitrogens with one attached hydrogen (secondary N) is 2. The Morgan fingerprint density at radius 3 is 2.41 bits per heavy atom. The molecule has 1 aromatic carbocycles. The summed E-state index contributed by atoms with van der Waals surface area (Å²) in [6.45, 7) is 18.4. The number of hydrazine groups is 1. The van der Waals surface area contributed by atoms with Gasteiger partial charge in [0.1, 0.15) is 0 Å². The highest BCUT2D eigenvalue weighted by atomic mass is 15.5. The lowest BCUT2D eigenvalue weighted by Crippen LogP contribution is -2.43. The molecule has 1 rings (SSSR count). The zero-order valence-electron chi connectivity index (χ0n) is 17.8. The highest BCUT2D eigenvalue weighted by Gasteiger charge is 2.06. The summed E-state index contributed by atoms with van der Waals surface area (Å²) in [4.78, 5) is 0. The first-order valence-corrected chi connectivity index (χ1v) is 9.27. The Hall–Kier alpha value is -2.61. The van der Waals surface area contributed by atoms with Crippen LogP contribution in [0.4, 0.5) is 0 Å². The van der Waals surface area contributed by atoms with E-state index in [1.807, 2.05) is 76.2 Å². The van der Waals surface area contributed by atoms with E-state index in [1.165, 1.54) is 0 Å². The second kappa shape index (κ2) is 18.2. The molecule has 4 nitrogen and oxygen atoms in total. The normalized spacial score (nSPS) is 11.2. The standard InChI is InChI=1S/C13H23N3.C8H7N.C2H6/c1-6-9-10-13(7-2)16(8-3)15-12(4)11-14-5;1-7-3-2-4-8(5-7)6-9;1-2/h6-10,12,14-15H,1,3,11H2,2,4-5H3;2-5H,1H3;1-2H3/b10-9-,13-7+;;. The van der Waals surface area contributed by atoms with Crippen molar-refractivity contribution in [3.63, 3.8) is 0 Å². The number of likely N-dealkylation sites (N-methyl/N-ethyl adjacent to an activating group) is 1. The quantitative estimate of drug-likeness (QED) is 0.496. The van der Waals surface area contributed by atoms with Crippen LogP contribution in [0.5, 0.6) is 0 Å². The van der Waals surface area contributed by atoms with Crippen molar-refractivity contribution in [1.29, 1.82) is 5.26 Å². The summed E-state index contributed by atoms with van der Waals surface area (Å²) in [5.41, 5.74) is 6.23. The van der Waals surface area contributed by atoms with Crippen LogP contribution in [0.15, 0.2) is 73.6 Å². The van der Waals surface area contributed by atoms with Gasteiger partial charge in [0.15, 0.2) is 0 Å². The maximum atomic E-state index is 8.41. The maximum absolute atomic E-state index is 8.41. The van der Waals surface area contributed by atoms with Gasteiger partial charge in [-0.1, -0.05) is 57.4 Å². The van der Waals surface area contributed by atoms with Gasteiger partial charge in [0, 0.05) is 18.8 Å². The van der Waals surface area contributed by atoms with Crippen LogP contribution < -0.4 is 10.7 Å². The van der Waals surface area contributed by atoms with E-state index in [0.717, 1.165) is 23.4 Å². The summed E-state index contributed by atoms with van der Waals surface area (Å²) >= 11 is 0. The molecule has 2 N–H and O–H groups in total. The minimum atomic E-state index is 0.329. The van der Waals surface area contributed by atoms with Gasteiger partial charge in [-0.3, -0.25) is 5.01 Å². The zero-order chi connectivity index (χ0) is 21.1. The van der Waals surface area contributed by atoms with Crippen LogP contribution in [0.2, 0.25) is 0 Å². The molecule has 27 heavy (non-hydrogen) atoms. The van der Waals surface area contributed by atoms with Crippen molar-refractivity contribution < 1.29 is 0 Å². The Morgan fingerprint density at radius 1 is 1.33 bits per heavy atom. The van der Waals surface area contributed by atoms with Crippen LogP contribution in [0, 0.1) is 18.3 Å². The predicted octanol–water partition coefficient (Wildman–Crippen LogP) is 5.08. The van der Waals surface area contributed by atoms with E-state index >= 15 is 0 Å². The number of hydrogen-bond acceptors (Lipinski definition) is 4. The van der Waals surface area contributed by atoms with Gasteiger partial charge < -0.3 is 5.32 Å². The molecule has 148 valence electrons. The number of allylic oxidation sites excluding steroid dienone is 4. The van der Waals surface area contributed by atoms with Crippen LogP contribution in [-0.2, 0) is 0 Å². The Morgan fingerprint density at radius 2 is 2.00 bits per heavy atom. The second-order valence-corrected chi connectivity index (χ2v) is 5.43. The summed E-state index contributed by atoms with van der Waals surface area (Å²) in [5.74, 6) is 0. The van der Waals surface area contributed by atoms with Gasteiger partial charge in [-0.2, -0.15) is 5.26 Å². The van der Waals surface area contributed by atoms with Gasteiger partial charge in [-0.15, -0.1) is 0 Å². The average molecular weight is 369 g/mol. The molecule has 0 spiro atoms. The van der Waals surface area contributed by atoms with Crippen molar-refractivity contribution >= 4 is 0 Å². The molecule has 1 atom stereocenters. The predicted molar refractivity (Wildman–Crippen MR) is 119 cm³/mol. The maximum Gasteiger partial charge on any atom is 0.0991 e. The molecular formula is C23H36N4. The van der Waals surface area contributed by atoms with Gasteiger partial charge in [0.05, 0.1) is 17.3 Å². The topological polar surface area (TPSA) is 51.1 Å². The van der Waals surface area contributed by atoms with E-state index in [1.54, 1.807) is 18.3 Å². The molecule has 0 fully saturated rings. The zero-order valence-corrected chi connectivity index (χ0v) is 17.8. The number of nitriles is 1. The van der Waals surface area contributed by atoms with E-state index in [2.05, 4.69) is 36.9 Å². The molecule has 1 unspecified atom stereocenters. The molecule has 0 radical (unpaired) electrons. The second-order valence-electron chi connectivity index (χ2n) is 5.43. The molecule has 0 saturated carbocycles. The summed E-state index contributed by atoms with van der Waals surface area (Å²) in [6.07, 6.45) is 9.40. The number of benzene rings is 1. The van der Waals surface area contributed by atoms with E-state index in [-0.39, 0.29) is 0 Å². The Bertz CT molecular complexity index is 624. The van der Waals surface area contributed by atoms with Gasteiger partial charge in [0.25, 0.3) is 0 Å². The minimum absolute atomic E-state index is 0.329. The van der Waals surface area contributed by atoms with E-state index in [0.29, 0.717) is 6.04 Å². The van der Waals surface area contributed by atoms with Gasteiger partial charge in [-0.05, 0) is 51.6 Å². The molecule has 0 aliphatic carbocycles. The van der Waals surface area contributed by atoms with Crippen molar-refractivity contribution in [1.82, 2.24) is 15.8 Å². The third-order valence-corrected chi connectivity index (χ3v) is 3.18. The van der Waals surface area contributed by atoms with Gasteiger partial charge >= 0.3 is 0 Å². The molecule has 0 saturated heterocycles. The van der Waals surface area contributed by atoms with Crippen molar-refractivity contribution in [3.8, 4) is 6.07 Å². The lowest BCUT2D eigenvalue weighted by atomic mass is 10.2. The monoisotopic (exact) mass is 368 g/mol. The van der Waals surface area contributed by atoms with Crippen LogP contribution in [0.1, 0.15) is 38.8 Å². The third-order valence-electron chi connectivity index (χ3n) is 3.18. The number of hydrogen-bond donors (Lipinski definition) is 2. The summed E-state index contributed by atoms with van der Waals surface area (Å²) < 4.78 is 0. The van der Waals surface area contributed by atoms with E-state index < -0.39 is 0 Å². The van der Waals surface area contributed by atoms with Crippen molar-refractivity contribution in [2.75, 3.05) is 13.6 Å². The fourth-order valence-electron chi connectivity index (χ4n) is 2.02. The van der Waals surface area contributed by atoms with E-state index in [4.69, 9.17) is 5.26 Å². The number of aryl methyl sites for hydroxylation is 1. The summed E-state index contributed by atoms with van der Waals surface area (Å²) in [6, 6.07) is 9.91. The Kier molecular flexibility index (Phi) is 17.9. The Balaban J connectivity index is 0. The highest BCUT2D eigenvalue weighted by Crippen LogP contribution is 2.04. The molecule has 0 aromatic heterocycles. The first kappa shape index (κ1) is 26.6. The average Bonchev–Trinajstić information content (AvgIpc) is 2.69. The van der Waals surface area contributed by atoms with Crippen LogP contribution >= 0.6 is 0 Å². The molecule has 4 heteroatoms. The fourth-order valence-corrected chi connectivity index (χ4v) is 2.02. The smallest absolute Gasteiger partial charge is 0.0991 e. The van der Waals surface area contributed by atoms with Crippen molar-refractivity contribution in [2.45, 2.75) is 40.7 Å². The largest absolute Gasteiger partial charge is 0.318 e. The molecule has 0 heterocycles. The molecular weight excluding hydrogens is 332 g/mol. The third kappa shape index (κ3) is 13.3. The van der Waals surface area contributed by atoms with Crippen LogP contribution in [0.3, 0.4) is 0 Å². The number of nitrogens with zero attached hydrogens (tertiary/aromatic N) is 2. The number of rotatable bonds is 8. The van der Waals surface area contributed by atoms with E-state index in [9.17, 15) is 0 Å². The molecule has 0 aliphatic heterocycles. The lowest BCUT2D eigenvalue weighted by Gasteiger charge is -2.26. The SMILES string of the molecule is C=C/C=C\C(=C/C)N(C=C)NC(C)CNC.CC.Cc1cccc(C#N)c1. The molecule has 0 amide bonds. The first-order chi connectivity index (χ1) is 13.0. The van der Waals surface area contributed by atoms with Crippen LogP contribution in [0.25, 0.3) is 0 Å². The Labute approximate surface area is 166 Å². The van der Waals surface area contributed by atoms with Crippen LogP contribution in [-0.4, -0.2) is 24.6 Å². The summed E-state index contributed by atoms with van der Waals surface area (Å²) in [5, 5.41) is 13.4. The van der Waals surface area contributed by atoms with Crippen molar-refractivity contribution in [2.24, 2.45) is 0 Å². The lowest BCUT2D eigenvalue weighted by molar-refractivity contribution is 0.295. The fraction of sp³-hybridized carbons (Fsp3) is 0.348. The highest BCUT2D eigenvalue weighted by molar-refractivity contribution is 5.31. The molecule has 1 aromatic rings. The first-order valence-electron chi connectivity index (χ1n) is 9.27. The molecule has 0 bridgehead atoms. The molecule has 0 aliphatic rings. The minimum Gasteiger partial charge on any atom is -0.318 e.